The van der Waals surface area contributed by atoms with E-state index >= 15 is 0 Å². The number of hydrogen-bond donors (Lipinski definition) is 3. The lowest BCUT2D eigenvalue weighted by Gasteiger charge is -2.32. The molecule has 1 aliphatic carbocycles. The van der Waals surface area contributed by atoms with Crippen molar-refractivity contribution in [1.82, 2.24) is 20.3 Å². The number of pyridine rings is 1. The van der Waals surface area contributed by atoms with Gasteiger partial charge in [0.2, 0.25) is 0 Å². The van der Waals surface area contributed by atoms with Crippen LogP contribution in [0.25, 0.3) is 21.9 Å². The van der Waals surface area contributed by atoms with Crippen LogP contribution in [0.5, 0.6) is 0 Å². The van der Waals surface area contributed by atoms with Crippen molar-refractivity contribution in [3.05, 3.63) is 71.4 Å². The predicted molar refractivity (Wildman–Crippen MR) is 139 cm³/mol. The fourth-order valence-electron chi connectivity index (χ4n) is 5.58. The Morgan fingerprint density at radius 2 is 1.77 bits per heavy atom. The van der Waals surface area contributed by atoms with Gasteiger partial charge in [-0.05, 0) is 106 Å². The molecule has 2 aromatic heterocycles. The van der Waals surface area contributed by atoms with Crippen LogP contribution in [0.4, 0.5) is 4.39 Å². The maximum Gasteiger partial charge on any atom is 0.131 e. The quantitative estimate of drug-likeness (QED) is 0.281. The van der Waals surface area contributed by atoms with Crippen molar-refractivity contribution in [1.29, 1.82) is 0 Å². The van der Waals surface area contributed by atoms with Gasteiger partial charge in [-0.25, -0.2) is 9.37 Å². The van der Waals surface area contributed by atoms with Crippen LogP contribution >= 0.6 is 0 Å². The molecule has 0 spiro atoms. The van der Waals surface area contributed by atoms with Crippen LogP contribution in [0.3, 0.4) is 0 Å². The van der Waals surface area contributed by atoms with Gasteiger partial charge in [-0.2, -0.15) is 0 Å². The minimum absolute atomic E-state index is 0.183. The van der Waals surface area contributed by atoms with E-state index in [4.69, 9.17) is 4.98 Å². The smallest absolute Gasteiger partial charge is 0.131 e. The van der Waals surface area contributed by atoms with Crippen molar-refractivity contribution in [3.8, 4) is 0 Å². The Hall–Kier alpha value is -2.83. The van der Waals surface area contributed by atoms with E-state index in [2.05, 4.69) is 28.3 Å². The number of aliphatic hydroxyl groups is 1. The third-order valence-electron chi connectivity index (χ3n) is 7.50. The number of imidazole rings is 1. The number of nitrogens with one attached hydrogen (secondary N) is 2. The first-order valence-electron chi connectivity index (χ1n) is 12.7. The van der Waals surface area contributed by atoms with Gasteiger partial charge in [0.15, 0.2) is 0 Å². The topological polar surface area (TPSA) is 73.8 Å². The molecule has 2 aromatic carbocycles. The molecular weight excluding hydrogens is 439 g/mol. The van der Waals surface area contributed by atoms with E-state index in [0.717, 1.165) is 59.0 Å². The molecule has 1 aliphatic rings. The number of fused-ring (bicyclic) bond motifs is 2. The lowest BCUT2D eigenvalue weighted by atomic mass is 9.73. The summed E-state index contributed by atoms with van der Waals surface area (Å²) in [7, 11) is 0. The van der Waals surface area contributed by atoms with Gasteiger partial charge in [0.05, 0.1) is 16.6 Å². The van der Waals surface area contributed by atoms with Crippen molar-refractivity contribution >= 4 is 21.9 Å². The van der Waals surface area contributed by atoms with E-state index in [1.165, 1.54) is 11.6 Å². The molecule has 1 saturated carbocycles. The van der Waals surface area contributed by atoms with Gasteiger partial charge in [0, 0.05) is 23.0 Å². The highest BCUT2D eigenvalue weighted by atomic mass is 19.1. The van der Waals surface area contributed by atoms with Crippen molar-refractivity contribution in [2.24, 2.45) is 5.92 Å². The Morgan fingerprint density at radius 1 is 1.03 bits per heavy atom. The number of aliphatic hydroxyl groups excluding tert-OH is 1. The van der Waals surface area contributed by atoms with E-state index in [0.29, 0.717) is 17.8 Å². The summed E-state index contributed by atoms with van der Waals surface area (Å²) in [5, 5.41) is 14.7. The summed E-state index contributed by atoms with van der Waals surface area (Å²) in [5.41, 5.74) is 4.62. The van der Waals surface area contributed by atoms with Crippen LogP contribution in [0.15, 0.2) is 48.7 Å². The van der Waals surface area contributed by atoms with Crippen LogP contribution in [0.1, 0.15) is 88.4 Å². The molecule has 6 heteroatoms. The lowest BCUT2D eigenvalue weighted by molar-refractivity contribution is 0.107. The SMILES string of the molecule is C[C@@H](c1nc2ccc(C(O)NC(C)(C)C)cc2[nH]1)C1CCC(c2ccnc3ccc(F)cc23)CC1. The van der Waals surface area contributed by atoms with E-state index < -0.39 is 6.23 Å². The Morgan fingerprint density at radius 3 is 2.51 bits per heavy atom. The van der Waals surface area contributed by atoms with Gasteiger partial charge in [0.1, 0.15) is 17.9 Å². The Balaban J connectivity index is 1.29. The molecule has 184 valence electrons. The second-order valence-corrected chi connectivity index (χ2v) is 11.2. The summed E-state index contributed by atoms with van der Waals surface area (Å²) in [6.07, 6.45) is 5.51. The highest BCUT2D eigenvalue weighted by molar-refractivity contribution is 5.82. The lowest BCUT2D eigenvalue weighted by Crippen LogP contribution is -2.38. The van der Waals surface area contributed by atoms with Gasteiger partial charge in [-0.15, -0.1) is 0 Å². The first-order chi connectivity index (χ1) is 16.7. The zero-order valence-corrected chi connectivity index (χ0v) is 21.0. The van der Waals surface area contributed by atoms with Gasteiger partial charge in [-0.3, -0.25) is 10.3 Å². The molecule has 1 fully saturated rings. The molecule has 1 unspecified atom stereocenters. The number of rotatable bonds is 5. The van der Waals surface area contributed by atoms with E-state index in [9.17, 15) is 9.50 Å². The molecule has 5 rings (SSSR count). The molecule has 4 aromatic rings. The number of H-pyrrole nitrogens is 1. The van der Waals surface area contributed by atoms with Gasteiger partial charge >= 0.3 is 0 Å². The van der Waals surface area contributed by atoms with E-state index in [1.807, 2.05) is 45.2 Å². The molecule has 3 N–H and O–H groups in total. The third kappa shape index (κ3) is 5.09. The molecule has 2 heterocycles. The van der Waals surface area contributed by atoms with Crippen molar-refractivity contribution in [3.63, 3.8) is 0 Å². The zero-order chi connectivity index (χ0) is 24.7. The van der Waals surface area contributed by atoms with Crippen LogP contribution in [0, 0.1) is 11.7 Å². The van der Waals surface area contributed by atoms with Crippen LogP contribution in [-0.4, -0.2) is 25.6 Å². The normalized spacial score (nSPS) is 20.9. The van der Waals surface area contributed by atoms with Crippen molar-refractivity contribution in [2.45, 2.75) is 77.0 Å². The van der Waals surface area contributed by atoms with Gasteiger partial charge in [0.25, 0.3) is 0 Å². The molecule has 0 radical (unpaired) electrons. The number of aromatic nitrogens is 3. The molecule has 0 aliphatic heterocycles. The molecule has 0 saturated heterocycles. The highest BCUT2D eigenvalue weighted by Gasteiger charge is 2.29. The Bertz CT molecular complexity index is 1330. The summed E-state index contributed by atoms with van der Waals surface area (Å²) in [6, 6.07) is 12.9. The molecule has 0 amide bonds. The monoisotopic (exact) mass is 474 g/mol. The molecule has 0 bridgehead atoms. The van der Waals surface area contributed by atoms with Crippen molar-refractivity contribution in [2.75, 3.05) is 0 Å². The molecule has 5 nitrogen and oxygen atoms in total. The second kappa shape index (κ2) is 9.32. The highest BCUT2D eigenvalue weighted by Crippen LogP contribution is 2.43. The average Bonchev–Trinajstić information content (AvgIpc) is 3.26. The summed E-state index contributed by atoms with van der Waals surface area (Å²) in [6.45, 7) is 8.37. The summed E-state index contributed by atoms with van der Waals surface area (Å²) in [4.78, 5) is 12.8. The fourth-order valence-corrected chi connectivity index (χ4v) is 5.58. The number of halogens is 1. The minimum Gasteiger partial charge on any atom is -0.374 e. The largest absolute Gasteiger partial charge is 0.374 e. The predicted octanol–water partition coefficient (Wildman–Crippen LogP) is 6.71. The Kier molecular flexibility index (Phi) is 6.36. The average molecular weight is 475 g/mol. The van der Waals surface area contributed by atoms with Crippen LogP contribution in [0.2, 0.25) is 0 Å². The standard InChI is InChI=1S/C29H35FN4O/c1-17(27-32-25-11-9-20(15-26(25)33-27)28(35)34-29(2,3)4)18-5-7-19(8-6-18)22-13-14-31-24-12-10-21(30)16-23(22)24/h9-19,28,34-35H,5-8H2,1-4H3,(H,32,33)/t17-,18?,19?,28?/m1/s1. The summed E-state index contributed by atoms with van der Waals surface area (Å²) < 4.78 is 13.9. The third-order valence-corrected chi connectivity index (χ3v) is 7.50. The van der Waals surface area contributed by atoms with Crippen LogP contribution in [-0.2, 0) is 0 Å². The first-order valence-corrected chi connectivity index (χ1v) is 12.7. The fraction of sp³-hybridized carbons (Fsp3) is 0.448. The number of aromatic amines is 1. The summed E-state index contributed by atoms with van der Waals surface area (Å²) >= 11 is 0. The summed E-state index contributed by atoms with van der Waals surface area (Å²) in [5.74, 6) is 2.10. The van der Waals surface area contributed by atoms with Gasteiger partial charge < -0.3 is 10.1 Å². The molecule has 2 atom stereocenters. The first kappa shape index (κ1) is 23.9. The zero-order valence-electron chi connectivity index (χ0n) is 21.0. The maximum absolute atomic E-state index is 13.9. The number of nitrogens with zero attached hydrogens (tertiary/aromatic N) is 2. The Labute approximate surface area is 206 Å². The number of hydrogen-bond acceptors (Lipinski definition) is 4. The maximum atomic E-state index is 13.9. The minimum atomic E-state index is -0.725. The van der Waals surface area contributed by atoms with Gasteiger partial charge in [-0.1, -0.05) is 13.0 Å². The molecule has 35 heavy (non-hydrogen) atoms. The van der Waals surface area contributed by atoms with E-state index in [1.54, 1.807) is 12.1 Å². The number of benzene rings is 2. The van der Waals surface area contributed by atoms with Crippen LogP contribution < -0.4 is 5.32 Å². The second-order valence-electron chi connectivity index (χ2n) is 11.2. The molecular formula is C29H35FN4O. The van der Waals surface area contributed by atoms with E-state index in [-0.39, 0.29) is 11.4 Å². The van der Waals surface area contributed by atoms with Crippen molar-refractivity contribution < 1.29 is 9.50 Å².